The van der Waals surface area contributed by atoms with E-state index in [1.165, 1.54) is 0 Å². The Morgan fingerprint density at radius 3 is 2.58 bits per heavy atom. The molecule has 3 rings (SSSR count). The summed E-state index contributed by atoms with van der Waals surface area (Å²) in [5, 5.41) is 9.93. The molecule has 0 atom stereocenters. The van der Waals surface area contributed by atoms with Crippen molar-refractivity contribution in [1.29, 1.82) is 0 Å². The minimum absolute atomic E-state index is 0.146. The fourth-order valence-corrected chi connectivity index (χ4v) is 1.83. The smallest absolute Gasteiger partial charge is 0.126 e. The zero-order valence-electron chi connectivity index (χ0n) is 10.1. The molecule has 0 amide bonds. The summed E-state index contributed by atoms with van der Waals surface area (Å²) in [7, 11) is 0. The molecule has 92 valence electrons. The molecule has 0 saturated carbocycles. The quantitative estimate of drug-likeness (QED) is 0.710. The molecule has 4 heteroatoms. The third-order valence-electron chi connectivity index (χ3n) is 2.76. The Hall–Kier alpha value is -2.75. The van der Waals surface area contributed by atoms with Crippen LogP contribution in [0.4, 0.5) is 5.69 Å². The van der Waals surface area contributed by atoms with Crippen molar-refractivity contribution in [3.05, 3.63) is 60.4 Å². The fraction of sp³-hybridized carbons (Fsp3) is 0. The first-order valence-electron chi connectivity index (χ1n) is 5.86. The van der Waals surface area contributed by atoms with Gasteiger partial charge in [-0.25, -0.2) is 0 Å². The number of hydrogen-bond acceptors (Lipinski definition) is 4. The number of rotatable bonds is 2. The number of benzene rings is 2. The van der Waals surface area contributed by atoms with Crippen molar-refractivity contribution in [1.82, 2.24) is 9.97 Å². The van der Waals surface area contributed by atoms with Crippen LogP contribution in [-0.2, 0) is 0 Å². The molecule has 0 aliphatic rings. The average molecular weight is 249 g/mol. The minimum atomic E-state index is 0.146. The number of aliphatic imine (C=N–C) groups is 1. The molecular formula is C15H11N3O. The van der Waals surface area contributed by atoms with Crippen molar-refractivity contribution in [3.63, 3.8) is 0 Å². The third kappa shape index (κ3) is 2.28. The van der Waals surface area contributed by atoms with Gasteiger partial charge in [-0.05, 0) is 24.3 Å². The normalized spacial score (nSPS) is 11.2. The number of fused-ring (bicyclic) bond motifs is 1. The van der Waals surface area contributed by atoms with Crippen LogP contribution in [0, 0.1) is 0 Å². The highest BCUT2D eigenvalue weighted by atomic mass is 16.3. The number of phenols is 1. The van der Waals surface area contributed by atoms with Crippen molar-refractivity contribution < 1.29 is 5.11 Å². The first-order chi connectivity index (χ1) is 9.34. The highest BCUT2D eigenvalue weighted by molar-refractivity contribution is 5.99. The van der Waals surface area contributed by atoms with E-state index in [1.54, 1.807) is 30.7 Å². The van der Waals surface area contributed by atoms with Crippen LogP contribution in [0.2, 0.25) is 0 Å². The van der Waals surface area contributed by atoms with Crippen LogP contribution in [0.25, 0.3) is 11.0 Å². The second-order valence-electron chi connectivity index (χ2n) is 4.02. The molecule has 1 heterocycles. The first kappa shape index (κ1) is 11.3. The molecule has 2 aromatic carbocycles. The van der Waals surface area contributed by atoms with Crippen molar-refractivity contribution in [3.8, 4) is 5.75 Å². The van der Waals surface area contributed by atoms with Crippen LogP contribution in [0.5, 0.6) is 5.75 Å². The van der Waals surface area contributed by atoms with Gasteiger partial charge in [-0.15, -0.1) is 0 Å². The van der Waals surface area contributed by atoms with Gasteiger partial charge < -0.3 is 5.11 Å². The van der Waals surface area contributed by atoms with Crippen molar-refractivity contribution in [2.45, 2.75) is 0 Å². The number of hydrogen-bond donors (Lipinski definition) is 1. The SMILES string of the molecule is Oc1ccc2nccnc2c1C=Nc1ccccc1. The summed E-state index contributed by atoms with van der Waals surface area (Å²) in [5.74, 6) is 0.146. The molecule has 0 aliphatic heterocycles. The van der Waals surface area contributed by atoms with Crippen LogP contribution >= 0.6 is 0 Å². The van der Waals surface area contributed by atoms with Gasteiger partial charge in [0, 0.05) is 18.6 Å². The van der Waals surface area contributed by atoms with Gasteiger partial charge in [-0.2, -0.15) is 0 Å². The molecule has 0 fully saturated rings. The maximum Gasteiger partial charge on any atom is 0.126 e. The van der Waals surface area contributed by atoms with Gasteiger partial charge >= 0.3 is 0 Å². The molecular weight excluding hydrogens is 238 g/mol. The van der Waals surface area contributed by atoms with Crippen LogP contribution in [0.15, 0.2) is 59.9 Å². The number of aromatic nitrogens is 2. The molecule has 1 N–H and O–H groups in total. The molecule has 4 nitrogen and oxygen atoms in total. The van der Waals surface area contributed by atoms with E-state index in [-0.39, 0.29) is 5.75 Å². The lowest BCUT2D eigenvalue weighted by Gasteiger charge is -2.02. The summed E-state index contributed by atoms with van der Waals surface area (Å²) < 4.78 is 0. The lowest BCUT2D eigenvalue weighted by molar-refractivity contribution is 0.475. The predicted molar refractivity (Wildman–Crippen MR) is 74.9 cm³/mol. The summed E-state index contributed by atoms with van der Waals surface area (Å²) in [5.41, 5.74) is 2.77. The van der Waals surface area contributed by atoms with Gasteiger partial charge in [-0.1, -0.05) is 18.2 Å². The van der Waals surface area contributed by atoms with Crippen molar-refractivity contribution in [2.75, 3.05) is 0 Å². The van der Waals surface area contributed by atoms with Gasteiger partial charge in [0.15, 0.2) is 0 Å². The average Bonchev–Trinajstić information content (AvgIpc) is 2.47. The molecule has 0 spiro atoms. The fourth-order valence-electron chi connectivity index (χ4n) is 1.83. The van der Waals surface area contributed by atoms with Gasteiger partial charge in [0.25, 0.3) is 0 Å². The number of aromatic hydroxyl groups is 1. The standard InChI is InChI=1S/C15H11N3O/c19-14-7-6-13-15(17-9-8-16-13)12(14)10-18-11-4-2-1-3-5-11/h1-10,19H. The van der Waals surface area contributed by atoms with Gasteiger partial charge in [0.2, 0.25) is 0 Å². The number of nitrogens with zero attached hydrogens (tertiary/aromatic N) is 3. The minimum Gasteiger partial charge on any atom is -0.507 e. The second kappa shape index (κ2) is 4.86. The van der Waals surface area contributed by atoms with Crippen LogP contribution in [0.1, 0.15) is 5.56 Å². The Balaban J connectivity index is 2.10. The number of para-hydroxylation sites is 1. The molecule has 0 bridgehead atoms. The summed E-state index contributed by atoms with van der Waals surface area (Å²) >= 11 is 0. The molecule has 0 aliphatic carbocycles. The van der Waals surface area contributed by atoms with Crippen molar-refractivity contribution >= 4 is 22.9 Å². The number of phenolic OH excluding ortho intramolecular Hbond substituents is 1. The molecule has 19 heavy (non-hydrogen) atoms. The lowest BCUT2D eigenvalue weighted by Crippen LogP contribution is -1.90. The lowest BCUT2D eigenvalue weighted by atomic mass is 10.1. The summed E-state index contributed by atoms with van der Waals surface area (Å²) in [6, 6.07) is 12.9. The summed E-state index contributed by atoms with van der Waals surface area (Å²) in [4.78, 5) is 12.8. The third-order valence-corrected chi connectivity index (χ3v) is 2.76. The second-order valence-corrected chi connectivity index (χ2v) is 4.02. The van der Waals surface area contributed by atoms with Gasteiger partial charge in [0.1, 0.15) is 11.3 Å². The van der Waals surface area contributed by atoms with E-state index >= 15 is 0 Å². The van der Waals surface area contributed by atoms with Crippen LogP contribution in [0.3, 0.4) is 0 Å². The molecule has 0 radical (unpaired) electrons. The van der Waals surface area contributed by atoms with E-state index in [4.69, 9.17) is 0 Å². The van der Waals surface area contributed by atoms with E-state index in [1.807, 2.05) is 30.3 Å². The molecule has 1 aromatic heterocycles. The van der Waals surface area contributed by atoms with E-state index in [9.17, 15) is 5.11 Å². The summed E-state index contributed by atoms with van der Waals surface area (Å²) in [6.07, 6.45) is 4.83. The largest absolute Gasteiger partial charge is 0.507 e. The Morgan fingerprint density at radius 1 is 0.947 bits per heavy atom. The Bertz CT molecular complexity index is 739. The monoisotopic (exact) mass is 249 g/mol. The summed E-state index contributed by atoms with van der Waals surface area (Å²) in [6.45, 7) is 0. The molecule has 0 unspecified atom stereocenters. The molecule has 0 saturated heterocycles. The van der Waals surface area contributed by atoms with E-state index in [2.05, 4.69) is 15.0 Å². The maximum absolute atomic E-state index is 9.93. The molecule has 3 aromatic rings. The van der Waals surface area contributed by atoms with E-state index in [0.717, 1.165) is 11.2 Å². The first-order valence-corrected chi connectivity index (χ1v) is 5.86. The zero-order valence-corrected chi connectivity index (χ0v) is 10.1. The Labute approximate surface area is 110 Å². The van der Waals surface area contributed by atoms with Crippen molar-refractivity contribution in [2.24, 2.45) is 4.99 Å². The Kier molecular flexibility index (Phi) is 2.90. The highest BCUT2D eigenvalue weighted by Gasteiger charge is 2.06. The predicted octanol–water partition coefficient (Wildman–Crippen LogP) is 3.09. The zero-order chi connectivity index (χ0) is 13.1. The van der Waals surface area contributed by atoms with Gasteiger partial charge in [0.05, 0.1) is 16.8 Å². The van der Waals surface area contributed by atoms with E-state index in [0.29, 0.717) is 11.1 Å². The highest BCUT2D eigenvalue weighted by Crippen LogP contribution is 2.23. The topological polar surface area (TPSA) is 58.4 Å². The maximum atomic E-state index is 9.93. The van der Waals surface area contributed by atoms with Crippen LogP contribution in [-0.4, -0.2) is 21.3 Å². The van der Waals surface area contributed by atoms with Gasteiger partial charge in [-0.3, -0.25) is 15.0 Å². The Morgan fingerprint density at radius 2 is 1.74 bits per heavy atom. The van der Waals surface area contributed by atoms with Crippen LogP contribution < -0.4 is 0 Å². The van der Waals surface area contributed by atoms with E-state index < -0.39 is 0 Å².